The third-order valence-corrected chi connectivity index (χ3v) is 12.8. The third kappa shape index (κ3) is 3.93. The highest BCUT2D eigenvalue weighted by atomic mass is 19.1. The predicted molar refractivity (Wildman–Crippen MR) is 152 cm³/mol. The molecule has 1 aromatic carbocycles. The molecule has 6 saturated carbocycles. The van der Waals surface area contributed by atoms with Crippen molar-refractivity contribution in [3.05, 3.63) is 23.5 Å². The fraction of sp³-hybridized carbons (Fsp3) is 0.750. The van der Waals surface area contributed by atoms with Crippen molar-refractivity contribution in [2.75, 3.05) is 13.2 Å². The molecular formula is C32H43BFNO7. The van der Waals surface area contributed by atoms with Crippen molar-refractivity contribution < 1.29 is 38.2 Å². The Labute approximate surface area is 247 Å². The standard InChI is InChI=1S/C32H43BFNO7/c1-16-11-20-25-21(36)9-10-32(20)17(2)29(38)30(3,15-35-19-6-7-19)12-23(31(16,4)28(25)32)42-24(37)14-40-22-8-5-18-13-41-33(39)26(18)27(22)34/h5,8,16-17,19-20,23,25,28-29,35,38-39H,6-7,9-15H2,1-4H3/t16-,17+,20+,23-,25?,28+,29+,30+,31+,32+/m1/s1. The Morgan fingerprint density at radius 3 is 2.76 bits per heavy atom. The van der Waals surface area contributed by atoms with Crippen LogP contribution >= 0.6 is 0 Å². The smallest absolute Gasteiger partial charge is 0.479 e. The maximum absolute atomic E-state index is 15.1. The van der Waals surface area contributed by atoms with Crippen molar-refractivity contribution in [1.29, 1.82) is 0 Å². The predicted octanol–water partition coefficient (Wildman–Crippen LogP) is 2.75. The Hall–Kier alpha value is -2.01. The Balaban J connectivity index is 1.19. The molecule has 0 saturated heterocycles. The van der Waals surface area contributed by atoms with Crippen LogP contribution in [0.2, 0.25) is 0 Å². The molecule has 0 aromatic heterocycles. The van der Waals surface area contributed by atoms with Crippen molar-refractivity contribution in [1.82, 2.24) is 5.32 Å². The number of ether oxygens (including phenoxy) is 2. The number of ketones is 1. The van der Waals surface area contributed by atoms with Gasteiger partial charge in [0.2, 0.25) is 0 Å². The van der Waals surface area contributed by atoms with Gasteiger partial charge in [0.1, 0.15) is 11.9 Å². The Morgan fingerprint density at radius 1 is 1.26 bits per heavy atom. The lowest BCUT2D eigenvalue weighted by Crippen LogP contribution is -2.79. The number of carbonyl (C=O) groups excluding carboxylic acids is 2. The van der Waals surface area contributed by atoms with Crippen LogP contribution in [-0.2, 0) is 25.6 Å². The number of Topliss-reactive ketones (excluding diaryl/α,β-unsaturated/α-hetero) is 1. The number of nitrogens with one attached hydrogen (secondary N) is 1. The Kier molecular flexibility index (Phi) is 6.67. The lowest BCUT2D eigenvalue weighted by Gasteiger charge is -2.78. The summed E-state index contributed by atoms with van der Waals surface area (Å²) in [5.74, 6) is -0.679. The highest BCUT2D eigenvalue weighted by molar-refractivity contribution is 6.61. The number of fused-ring (bicyclic) bond motifs is 2. The van der Waals surface area contributed by atoms with E-state index >= 15 is 4.39 Å². The van der Waals surface area contributed by atoms with Crippen LogP contribution < -0.4 is 15.5 Å². The second kappa shape index (κ2) is 9.75. The molecule has 6 aliphatic carbocycles. The molecule has 10 heteroatoms. The van der Waals surface area contributed by atoms with Crippen molar-refractivity contribution in [2.24, 2.45) is 45.8 Å². The molecule has 8 rings (SSSR count). The molecule has 3 N–H and O–H groups in total. The minimum atomic E-state index is -1.37. The van der Waals surface area contributed by atoms with Crippen LogP contribution in [0.25, 0.3) is 0 Å². The highest BCUT2D eigenvalue weighted by Gasteiger charge is 2.79. The molecule has 0 amide bonds. The summed E-state index contributed by atoms with van der Waals surface area (Å²) in [6.45, 7) is 8.96. The quantitative estimate of drug-likeness (QED) is 0.332. The van der Waals surface area contributed by atoms with Crippen LogP contribution in [-0.4, -0.2) is 60.4 Å². The van der Waals surface area contributed by atoms with Crippen LogP contribution in [0.5, 0.6) is 5.75 Å². The van der Waals surface area contributed by atoms with E-state index < -0.39 is 48.5 Å². The maximum atomic E-state index is 15.1. The zero-order valence-electron chi connectivity index (χ0n) is 25.0. The normalized spacial score (nSPS) is 43.6. The van der Waals surface area contributed by atoms with Gasteiger partial charge in [0.25, 0.3) is 0 Å². The molecule has 0 radical (unpaired) electrons. The van der Waals surface area contributed by atoms with E-state index in [1.165, 1.54) is 6.07 Å². The average molecular weight is 584 g/mol. The Morgan fingerprint density at radius 2 is 2.02 bits per heavy atom. The zero-order chi connectivity index (χ0) is 29.8. The molecular weight excluding hydrogens is 540 g/mol. The van der Waals surface area contributed by atoms with Crippen molar-refractivity contribution in [2.45, 2.75) is 91.1 Å². The Bertz CT molecular complexity index is 1310. The van der Waals surface area contributed by atoms with Gasteiger partial charge in [0.05, 0.1) is 12.7 Å². The summed E-state index contributed by atoms with van der Waals surface area (Å²) >= 11 is 0. The summed E-state index contributed by atoms with van der Waals surface area (Å²) < 4.78 is 32.2. The molecule has 228 valence electrons. The van der Waals surface area contributed by atoms with E-state index in [2.05, 4.69) is 33.0 Å². The van der Waals surface area contributed by atoms with Gasteiger partial charge in [-0.1, -0.05) is 33.8 Å². The molecule has 1 heterocycles. The second-order valence-electron chi connectivity index (χ2n) is 14.8. The van der Waals surface area contributed by atoms with Gasteiger partial charge in [0, 0.05) is 41.2 Å². The van der Waals surface area contributed by atoms with Crippen LogP contribution in [0.15, 0.2) is 12.1 Å². The molecule has 1 spiro atoms. The van der Waals surface area contributed by atoms with Gasteiger partial charge in [-0.15, -0.1) is 0 Å². The van der Waals surface area contributed by atoms with E-state index in [-0.39, 0.29) is 52.8 Å². The van der Waals surface area contributed by atoms with Crippen LogP contribution in [0.1, 0.15) is 71.8 Å². The minimum absolute atomic E-state index is 0.0248. The second-order valence-corrected chi connectivity index (χ2v) is 14.8. The average Bonchev–Trinajstić information content (AvgIpc) is 3.71. The first-order chi connectivity index (χ1) is 19.9. The number of esters is 1. The van der Waals surface area contributed by atoms with Gasteiger partial charge in [-0.3, -0.25) is 4.79 Å². The van der Waals surface area contributed by atoms with Gasteiger partial charge in [0.15, 0.2) is 18.2 Å². The topological polar surface area (TPSA) is 114 Å². The maximum Gasteiger partial charge on any atom is 0.494 e. The first-order valence-corrected chi connectivity index (χ1v) is 15.8. The molecule has 5 bridgehead atoms. The summed E-state index contributed by atoms with van der Waals surface area (Å²) in [4.78, 5) is 26.8. The van der Waals surface area contributed by atoms with E-state index in [1.807, 2.05) is 0 Å². The lowest BCUT2D eigenvalue weighted by molar-refractivity contribution is -0.324. The van der Waals surface area contributed by atoms with Gasteiger partial charge in [-0.25, -0.2) is 9.18 Å². The first-order valence-electron chi connectivity index (χ1n) is 15.8. The summed E-state index contributed by atoms with van der Waals surface area (Å²) in [6, 6.07) is 3.53. The lowest BCUT2D eigenvalue weighted by atomic mass is 9.25. The summed E-state index contributed by atoms with van der Waals surface area (Å²) in [5.41, 5.74) is -0.583. The molecule has 6 fully saturated rings. The number of hydrogen-bond donors (Lipinski definition) is 3. The molecule has 1 unspecified atom stereocenters. The van der Waals surface area contributed by atoms with Crippen molar-refractivity contribution >= 4 is 24.3 Å². The van der Waals surface area contributed by atoms with E-state index in [4.69, 9.17) is 14.1 Å². The number of aliphatic hydroxyl groups is 1. The van der Waals surface area contributed by atoms with Crippen LogP contribution in [0, 0.1) is 51.7 Å². The fourth-order valence-electron chi connectivity index (χ4n) is 10.3. The van der Waals surface area contributed by atoms with Crippen LogP contribution in [0.4, 0.5) is 4.39 Å². The molecule has 1 aromatic rings. The van der Waals surface area contributed by atoms with E-state index in [0.29, 0.717) is 36.8 Å². The monoisotopic (exact) mass is 583 g/mol. The first kappa shape index (κ1) is 28.7. The van der Waals surface area contributed by atoms with Crippen LogP contribution in [0.3, 0.4) is 0 Å². The molecule has 10 atom stereocenters. The van der Waals surface area contributed by atoms with Crippen molar-refractivity contribution in [3.8, 4) is 5.75 Å². The number of rotatable bonds is 7. The molecule has 42 heavy (non-hydrogen) atoms. The van der Waals surface area contributed by atoms with E-state index in [1.54, 1.807) is 6.07 Å². The molecule has 1 aliphatic heterocycles. The van der Waals surface area contributed by atoms with Gasteiger partial charge in [-0.2, -0.15) is 0 Å². The molecule has 8 nitrogen and oxygen atoms in total. The van der Waals surface area contributed by atoms with E-state index in [0.717, 1.165) is 25.7 Å². The minimum Gasteiger partial charge on any atom is -0.479 e. The SMILES string of the molecule is C[C@@H]1C[C@H]2C3C(=O)CC[C@]24[C@@H](C)[C@H](O)[C@](C)(CNC2CC2)C[C@@H](OC(=O)COc2ccc5c(c2F)B(O)OC5)[C@@]1(C)[C@H]34. The van der Waals surface area contributed by atoms with Gasteiger partial charge < -0.3 is 29.6 Å². The number of carbonyl (C=O) groups is 2. The summed E-state index contributed by atoms with van der Waals surface area (Å²) in [7, 11) is -1.37. The fourth-order valence-corrected chi connectivity index (χ4v) is 10.3. The van der Waals surface area contributed by atoms with Gasteiger partial charge in [-0.05, 0) is 72.8 Å². The summed E-state index contributed by atoms with van der Waals surface area (Å²) in [5, 5.41) is 25.7. The third-order valence-electron chi connectivity index (χ3n) is 12.8. The van der Waals surface area contributed by atoms with E-state index in [9.17, 15) is 19.7 Å². The summed E-state index contributed by atoms with van der Waals surface area (Å²) in [6.07, 6.45) is 3.77. The number of hydrogen-bond acceptors (Lipinski definition) is 8. The number of benzene rings is 1. The molecule has 7 aliphatic rings. The van der Waals surface area contributed by atoms with Crippen molar-refractivity contribution in [3.63, 3.8) is 0 Å². The highest BCUT2D eigenvalue weighted by Crippen LogP contribution is 2.79. The number of aliphatic hydroxyl groups excluding tert-OH is 1. The number of halogens is 1. The largest absolute Gasteiger partial charge is 0.494 e. The zero-order valence-corrected chi connectivity index (χ0v) is 25.0. The van der Waals surface area contributed by atoms with Gasteiger partial charge >= 0.3 is 13.1 Å².